The molecule has 20 heavy (non-hydrogen) atoms. The van der Waals surface area contributed by atoms with E-state index in [2.05, 4.69) is 5.32 Å². The van der Waals surface area contributed by atoms with Crippen LogP contribution in [-0.2, 0) is 9.05 Å². The molecule has 0 spiro atoms. The highest BCUT2D eigenvalue weighted by Gasteiger charge is 2.26. The summed E-state index contributed by atoms with van der Waals surface area (Å²) in [6.07, 6.45) is -5.49. The molecule has 10 heteroatoms. The van der Waals surface area contributed by atoms with E-state index in [1.807, 2.05) is 0 Å². The molecule has 1 heterocycles. The Kier molecular flexibility index (Phi) is 5.45. The molecule has 0 fully saturated rings. The predicted octanol–water partition coefficient (Wildman–Crippen LogP) is 3.06. The van der Waals surface area contributed by atoms with Crippen molar-refractivity contribution in [2.45, 2.75) is 30.2 Å². The van der Waals surface area contributed by atoms with Gasteiger partial charge in [0, 0.05) is 29.0 Å². The van der Waals surface area contributed by atoms with Crippen LogP contribution in [0.25, 0.3) is 0 Å². The molecule has 1 aromatic rings. The van der Waals surface area contributed by atoms with Crippen LogP contribution >= 0.6 is 22.0 Å². The first-order valence-corrected chi connectivity index (χ1v) is 8.59. The van der Waals surface area contributed by atoms with E-state index in [9.17, 15) is 26.4 Å². The fraction of sp³-hybridized carbons (Fsp3) is 0.500. The first-order valence-electron chi connectivity index (χ1n) is 5.40. The summed E-state index contributed by atoms with van der Waals surface area (Å²) < 4.78 is 57.9. The number of hydrogen-bond acceptors (Lipinski definition) is 4. The van der Waals surface area contributed by atoms with Gasteiger partial charge in [-0.05, 0) is 18.9 Å². The Hall–Kier alpha value is -0.800. The largest absolute Gasteiger partial charge is 0.389 e. The van der Waals surface area contributed by atoms with Crippen molar-refractivity contribution in [3.63, 3.8) is 0 Å². The summed E-state index contributed by atoms with van der Waals surface area (Å²) in [5.41, 5.74) is 0.291. The lowest BCUT2D eigenvalue weighted by Crippen LogP contribution is -2.25. The lowest BCUT2D eigenvalue weighted by molar-refractivity contribution is -0.135. The summed E-state index contributed by atoms with van der Waals surface area (Å²) in [5.74, 6) is -0.618. The zero-order valence-electron chi connectivity index (χ0n) is 10.3. The molecular formula is C10H11ClF3NO3S2. The Morgan fingerprint density at radius 1 is 1.45 bits per heavy atom. The number of hydrogen-bond donors (Lipinski definition) is 1. The molecule has 0 aliphatic carbocycles. The van der Waals surface area contributed by atoms with Crippen LogP contribution in [0, 0.1) is 6.92 Å². The molecule has 0 bridgehead atoms. The van der Waals surface area contributed by atoms with E-state index in [0.29, 0.717) is 0 Å². The van der Waals surface area contributed by atoms with Crippen molar-refractivity contribution in [3.05, 3.63) is 16.5 Å². The van der Waals surface area contributed by atoms with Crippen LogP contribution in [0.3, 0.4) is 0 Å². The minimum atomic E-state index is -4.26. The van der Waals surface area contributed by atoms with Gasteiger partial charge in [-0.25, -0.2) is 8.42 Å². The van der Waals surface area contributed by atoms with Gasteiger partial charge in [0.25, 0.3) is 15.0 Å². The number of halogens is 4. The standard InChI is InChI=1S/C10H11ClF3NO3S2/c1-6-7(5-19-9(6)20(11,17)18)8(16)15-4-2-3-10(12,13)14/h5H,2-4H2,1H3,(H,15,16). The molecule has 1 N–H and O–H groups in total. The third-order valence-corrected chi connectivity index (χ3v) is 5.69. The van der Waals surface area contributed by atoms with Crippen molar-refractivity contribution in [1.82, 2.24) is 5.32 Å². The molecule has 0 unspecified atom stereocenters. The zero-order valence-corrected chi connectivity index (χ0v) is 12.6. The molecular weight excluding hydrogens is 339 g/mol. The molecule has 0 aliphatic heterocycles. The average Bonchev–Trinajstić information content (AvgIpc) is 2.64. The predicted molar refractivity (Wildman–Crippen MR) is 69.7 cm³/mol. The summed E-state index contributed by atoms with van der Waals surface area (Å²) in [6, 6.07) is 0. The molecule has 0 saturated carbocycles. The highest BCUT2D eigenvalue weighted by molar-refractivity contribution is 8.15. The average molecular weight is 350 g/mol. The van der Waals surface area contributed by atoms with Crippen LogP contribution in [0.5, 0.6) is 0 Å². The smallest absolute Gasteiger partial charge is 0.352 e. The fourth-order valence-electron chi connectivity index (χ4n) is 1.45. The van der Waals surface area contributed by atoms with Crippen LogP contribution < -0.4 is 5.32 Å². The molecule has 0 saturated heterocycles. The minimum Gasteiger partial charge on any atom is -0.352 e. The van der Waals surface area contributed by atoms with Gasteiger partial charge >= 0.3 is 6.18 Å². The van der Waals surface area contributed by atoms with Crippen LogP contribution in [-0.4, -0.2) is 27.0 Å². The summed E-state index contributed by atoms with van der Waals surface area (Å²) in [4.78, 5) is 11.7. The van der Waals surface area contributed by atoms with Crippen molar-refractivity contribution < 1.29 is 26.4 Å². The summed E-state index contributed by atoms with van der Waals surface area (Å²) in [7, 11) is 1.26. The van der Waals surface area contributed by atoms with E-state index < -0.39 is 27.6 Å². The fourth-order valence-corrected chi connectivity index (χ4v) is 4.00. The van der Waals surface area contributed by atoms with Gasteiger partial charge < -0.3 is 5.32 Å². The SMILES string of the molecule is Cc1c(C(=O)NCCCC(F)(F)F)csc1S(=O)(=O)Cl. The van der Waals surface area contributed by atoms with Gasteiger partial charge in [0.1, 0.15) is 4.21 Å². The van der Waals surface area contributed by atoms with E-state index in [-0.39, 0.29) is 28.3 Å². The Bertz CT molecular complexity index is 595. The van der Waals surface area contributed by atoms with Gasteiger partial charge in [0.05, 0.1) is 5.56 Å². The van der Waals surface area contributed by atoms with Gasteiger partial charge in [-0.2, -0.15) is 13.2 Å². The second-order valence-corrected chi connectivity index (χ2v) is 7.62. The van der Waals surface area contributed by atoms with E-state index in [1.54, 1.807) is 0 Å². The number of carbonyl (C=O) groups excluding carboxylic acids is 1. The Morgan fingerprint density at radius 3 is 2.50 bits per heavy atom. The lowest BCUT2D eigenvalue weighted by Gasteiger charge is -2.07. The highest BCUT2D eigenvalue weighted by atomic mass is 35.7. The van der Waals surface area contributed by atoms with Gasteiger partial charge in [-0.3, -0.25) is 4.79 Å². The second-order valence-electron chi connectivity index (χ2n) is 3.97. The molecule has 1 amide bonds. The van der Waals surface area contributed by atoms with Crippen LogP contribution in [0.1, 0.15) is 28.8 Å². The summed E-state index contributed by atoms with van der Waals surface area (Å²) in [6.45, 7) is 1.27. The normalized spacial score (nSPS) is 12.4. The second kappa shape index (κ2) is 6.31. The van der Waals surface area contributed by atoms with Gasteiger partial charge in [0.2, 0.25) is 0 Å². The Labute approximate surface area is 122 Å². The number of carbonyl (C=O) groups is 1. The Morgan fingerprint density at radius 2 is 2.05 bits per heavy atom. The van der Waals surface area contributed by atoms with E-state index in [4.69, 9.17) is 10.7 Å². The van der Waals surface area contributed by atoms with Gasteiger partial charge in [-0.1, -0.05) is 0 Å². The Balaban J connectivity index is 2.64. The number of thiophene rings is 1. The van der Waals surface area contributed by atoms with E-state index >= 15 is 0 Å². The molecule has 0 atom stereocenters. The minimum absolute atomic E-state index is 0.0984. The molecule has 1 rings (SSSR count). The molecule has 0 aliphatic rings. The molecule has 0 aromatic carbocycles. The number of alkyl halides is 3. The maximum Gasteiger partial charge on any atom is 0.389 e. The lowest BCUT2D eigenvalue weighted by atomic mass is 10.2. The zero-order chi connectivity index (χ0) is 15.6. The van der Waals surface area contributed by atoms with E-state index in [1.165, 1.54) is 12.3 Å². The van der Waals surface area contributed by atoms with Crippen molar-refractivity contribution in [1.29, 1.82) is 0 Å². The number of amides is 1. The van der Waals surface area contributed by atoms with Crippen molar-refractivity contribution in [2.24, 2.45) is 0 Å². The topological polar surface area (TPSA) is 63.2 Å². The van der Waals surface area contributed by atoms with Crippen molar-refractivity contribution in [2.75, 3.05) is 6.54 Å². The highest BCUT2D eigenvalue weighted by Crippen LogP contribution is 2.29. The molecule has 114 valence electrons. The van der Waals surface area contributed by atoms with Crippen LogP contribution in [0.15, 0.2) is 9.59 Å². The quantitative estimate of drug-likeness (QED) is 0.656. The third-order valence-electron chi connectivity index (χ3n) is 2.38. The van der Waals surface area contributed by atoms with Crippen molar-refractivity contribution in [3.8, 4) is 0 Å². The third kappa shape index (κ3) is 4.95. The molecule has 4 nitrogen and oxygen atoms in total. The van der Waals surface area contributed by atoms with Crippen LogP contribution in [0.2, 0.25) is 0 Å². The number of rotatable bonds is 5. The van der Waals surface area contributed by atoms with Gasteiger partial charge in [0.15, 0.2) is 0 Å². The maximum atomic E-state index is 11.9. The number of nitrogens with one attached hydrogen (secondary N) is 1. The molecule has 1 aromatic heterocycles. The van der Waals surface area contributed by atoms with E-state index in [0.717, 1.165) is 11.3 Å². The monoisotopic (exact) mass is 349 g/mol. The first kappa shape index (κ1) is 17.3. The van der Waals surface area contributed by atoms with Crippen LogP contribution in [0.4, 0.5) is 13.2 Å². The first-order chi connectivity index (χ1) is 9.02. The summed E-state index contributed by atoms with van der Waals surface area (Å²) in [5, 5.41) is 3.62. The van der Waals surface area contributed by atoms with Crippen molar-refractivity contribution >= 4 is 37.0 Å². The van der Waals surface area contributed by atoms with Gasteiger partial charge in [-0.15, -0.1) is 11.3 Å². The summed E-state index contributed by atoms with van der Waals surface area (Å²) >= 11 is 0.794. The maximum absolute atomic E-state index is 11.9. The molecule has 0 radical (unpaired) electrons.